The lowest BCUT2D eigenvalue weighted by Gasteiger charge is -2.06. The molecule has 0 amide bonds. The second-order valence-electron chi connectivity index (χ2n) is 4.67. The molecule has 2 heterocycles. The molecule has 4 nitrogen and oxygen atoms in total. The summed E-state index contributed by atoms with van der Waals surface area (Å²) in [6.07, 6.45) is 1.77. The molecule has 0 radical (unpaired) electrons. The molecule has 2 aromatic heterocycles. The number of nitrogens with zero attached hydrogens (tertiary/aromatic N) is 2. The highest BCUT2D eigenvalue weighted by atomic mass is 35.5. The highest BCUT2D eigenvalue weighted by Gasteiger charge is 2.16. The van der Waals surface area contributed by atoms with E-state index in [4.69, 9.17) is 16.3 Å². The van der Waals surface area contributed by atoms with E-state index in [0.717, 1.165) is 28.2 Å². The van der Waals surface area contributed by atoms with E-state index in [-0.39, 0.29) is 0 Å². The topological polar surface area (TPSA) is 50.8 Å². The number of aryl methyl sites for hydroxylation is 1. The summed E-state index contributed by atoms with van der Waals surface area (Å²) >= 11 is 6.15. The van der Waals surface area contributed by atoms with Crippen molar-refractivity contribution in [3.63, 3.8) is 0 Å². The van der Waals surface area contributed by atoms with E-state index >= 15 is 0 Å². The Morgan fingerprint density at radius 3 is 2.76 bits per heavy atom. The fraction of sp³-hybridized carbons (Fsp3) is 0.125. The zero-order valence-corrected chi connectivity index (χ0v) is 12.5. The van der Waals surface area contributed by atoms with Crippen LogP contribution in [0.3, 0.4) is 0 Å². The van der Waals surface area contributed by atoms with Crippen molar-refractivity contribution in [1.29, 1.82) is 0 Å². The maximum absolute atomic E-state index is 6.15. The molecule has 21 heavy (non-hydrogen) atoms. The molecule has 0 spiro atoms. The molecule has 1 aromatic carbocycles. The van der Waals surface area contributed by atoms with Gasteiger partial charge in [0.2, 0.25) is 0 Å². The maximum Gasteiger partial charge on any atom is 0.121 e. The van der Waals surface area contributed by atoms with E-state index < -0.39 is 0 Å². The zero-order valence-electron chi connectivity index (χ0n) is 11.7. The molecular weight excluding hydrogens is 286 g/mol. The van der Waals surface area contributed by atoms with E-state index in [0.29, 0.717) is 10.8 Å². The van der Waals surface area contributed by atoms with Crippen molar-refractivity contribution < 1.29 is 4.74 Å². The number of H-pyrrole nitrogens is 1. The van der Waals surface area contributed by atoms with E-state index in [9.17, 15) is 0 Å². The molecule has 5 heteroatoms. The van der Waals surface area contributed by atoms with Crippen molar-refractivity contribution in [2.45, 2.75) is 6.92 Å². The Bertz CT molecular complexity index is 768. The lowest BCUT2D eigenvalue weighted by Crippen LogP contribution is -1.89. The third kappa shape index (κ3) is 2.62. The molecule has 0 aliphatic rings. The van der Waals surface area contributed by atoms with Gasteiger partial charge >= 0.3 is 0 Å². The second kappa shape index (κ2) is 5.58. The van der Waals surface area contributed by atoms with Crippen molar-refractivity contribution in [3.8, 4) is 28.3 Å². The number of benzene rings is 1. The van der Waals surface area contributed by atoms with Crippen LogP contribution in [-0.2, 0) is 0 Å². The number of halogens is 1. The summed E-state index contributed by atoms with van der Waals surface area (Å²) in [6.45, 7) is 1.97. The number of pyridine rings is 1. The molecular formula is C16H14ClN3O. The maximum atomic E-state index is 6.15. The van der Waals surface area contributed by atoms with E-state index in [1.54, 1.807) is 19.4 Å². The van der Waals surface area contributed by atoms with Gasteiger partial charge in [0.25, 0.3) is 0 Å². The third-order valence-electron chi connectivity index (χ3n) is 3.25. The molecule has 0 aliphatic carbocycles. The van der Waals surface area contributed by atoms with Crippen molar-refractivity contribution in [2.24, 2.45) is 0 Å². The fourth-order valence-electron chi connectivity index (χ4n) is 2.28. The van der Waals surface area contributed by atoms with Crippen molar-refractivity contribution in [2.75, 3.05) is 7.11 Å². The van der Waals surface area contributed by atoms with Gasteiger partial charge < -0.3 is 4.74 Å². The van der Waals surface area contributed by atoms with Gasteiger partial charge in [-0.25, -0.2) is 0 Å². The van der Waals surface area contributed by atoms with Gasteiger partial charge in [0.15, 0.2) is 0 Å². The molecule has 3 rings (SSSR count). The Hall–Kier alpha value is -2.33. The Kier molecular flexibility index (Phi) is 3.62. The summed E-state index contributed by atoms with van der Waals surface area (Å²) in [5.74, 6) is 0.699. The van der Waals surface area contributed by atoms with Crippen molar-refractivity contribution in [3.05, 3.63) is 53.3 Å². The second-order valence-corrected chi connectivity index (χ2v) is 5.10. The van der Waals surface area contributed by atoms with Gasteiger partial charge in [0, 0.05) is 28.0 Å². The normalized spacial score (nSPS) is 10.6. The molecule has 0 fully saturated rings. The lowest BCUT2D eigenvalue weighted by molar-refractivity contribution is 0.415. The summed E-state index contributed by atoms with van der Waals surface area (Å²) in [4.78, 5) is 4.41. The molecule has 0 atom stereocenters. The Labute approximate surface area is 127 Å². The Balaban J connectivity index is 2.19. The summed E-state index contributed by atoms with van der Waals surface area (Å²) in [5.41, 5.74) is 4.51. The number of ether oxygens (including phenoxy) is 1. The number of nitrogens with one attached hydrogen (secondary N) is 1. The first-order valence-corrected chi connectivity index (χ1v) is 6.88. The zero-order chi connectivity index (χ0) is 14.8. The highest BCUT2D eigenvalue weighted by molar-refractivity contribution is 6.31. The van der Waals surface area contributed by atoms with Crippen LogP contribution in [0.1, 0.15) is 5.69 Å². The summed E-state index contributed by atoms with van der Waals surface area (Å²) in [7, 11) is 1.62. The monoisotopic (exact) mass is 299 g/mol. The molecule has 0 aliphatic heterocycles. The van der Waals surface area contributed by atoms with Gasteiger partial charge in [-0.3, -0.25) is 10.1 Å². The van der Waals surface area contributed by atoms with Crippen LogP contribution in [0, 0.1) is 6.92 Å². The van der Waals surface area contributed by atoms with Gasteiger partial charge in [0.05, 0.1) is 12.8 Å². The number of hydrogen-bond donors (Lipinski definition) is 1. The standard InChI is InChI=1S/C16H14ClN3O/c1-10-15(14-5-3-4-6-18-14)16(20-19-10)11-7-12(17)9-13(8-11)21-2/h3-9H,1-2H3,(H,19,20). The predicted molar refractivity (Wildman–Crippen MR) is 83.6 cm³/mol. The number of aromatic amines is 1. The third-order valence-corrected chi connectivity index (χ3v) is 3.47. The van der Waals surface area contributed by atoms with E-state index in [2.05, 4.69) is 15.2 Å². The first kappa shape index (κ1) is 13.6. The van der Waals surface area contributed by atoms with Gasteiger partial charge in [-0.1, -0.05) is 17.7 Å². The fourth-order valence-corrected chi connectivity index (χ4v) is 2.50. The predicted octanol–water partition coefficient (Wildman–Crippen LogP) is 4.11. The molecule has 0 unspecified atom stereocenters. The van der Waals surface area contributed by atoms with E-state index in [1.807, 2.05) is 37.3 Å². The van der Waals surface area contributed by atoms with Crippen molar-refractivity contribution in [1.82, 2.24) is 15.2 Å². The van der Waals surface area contributed by atoms with Gasteiger partial charge in [-0.15, -0.1) is 0 Å². The van der Waals surface area contributed by atoms with Crippen LogP contribution in [-0.4, -0.2) is 22.3 Å². The number of hydrogen-bond acceptors (Lipinski definition) is 3. The van der Waals surface area contributed by atoms with Gasteiger partial charge in [0.1, 0.15) is 11.4 Å². The first-order valence-electron chi connectivity index (χ1n) is 6.50. The lowest BCUT2D eigenvalue weighted by atomic mass is 10.0. The Morgan fingerprint density at radius 2 is 2.05 bits per heavy atom. The van der Waals surface area contributed by atoms with Crippen LogP contribution in [0.2, 0.25) is 5.02 Å². The minimum atomic E-state index is 0.608. The molecule has 3 aromatic rings. The number of aromatic nitrogens is 3. The number of methoxy groups -OCH3 is 1. The van der Waals surface area contributed by atoms with Crippen LogP contribution < -0.4 is 4.74 Å². The number of rotatable bonds is 3. The molecule has 1 N–H and O–H groups in total. The molecule has 0 bridgehead atoms. The largest absolute Gasteiger partial charge is 0.497 e. The summed E-state index contributed by atoms with van der Waals surface area (Å²) in [6, 6.07) is 11.4. The van der Waals surface area contributed by atoms with Crippen LogP contribution in [0.5, 0.6) is 5.75 Å². The molecule has 106 valence electrons. The summed E-state index contributed by atoms with van der Waals surface area (Å²) < 4.78 is 5.27. The average Bonchev–Trinajstić information content (AvgIpc) is 2.89. The molecule has 0 saturated heterocycles. The SMILES string of the molecule is COc1cc(Cl)cc(-c2n[nH]c(C)c2-c2ccccn2)c1. The minimum Gasteiger partial charge on any atom is -0.497 e. The summed E-state index contributed by atoms with van der Waals surface area (Å²) in [5, 5.41) is 8.03. The average molecular weight is 300 g/mol. The Morgan fingerprint density at radius 1 is 1.19 bits per heavy atom. The van der Waals surface area contributed by atoms with Gasteiger partial charge in [-0.2, -0.15) is 5.10 Å². The minimum absolute atomic E-state index is 0.608. The highest BCUT2D eigenvalue weighted by Crippen LogP contribution is 2.34. The van der Waals surface area contributed by atoms with E-state index in [1.165, 1.54) is 0 Å². The van der Waals surface area contributed by atoms with Gasteiger partial charge in [-0.05, 0) is 37.3 Å². The van der Waals surface area contributed by atoms with Crippen LogP contribution >= 0.6 is 11.6 Å². The van der Waals surface area contributed by atoms with Crippen LogP contribution in [0.4, 0.5) is 0 Å². The van der Waals surface area contributed by atoms with Crippen molar-refractivity contribution >= 4 is 11.6 Å². The smallest absolute Gasteiger partial charge is 0.121 e. The van der Waals surface area contributed by atoms with Crippen LogP contribution in [0.15, 0.2) is 42.6 Å². The van der Waals surface area contributed by atoms with Crippen LogP contribution in [0.25, 0.3) is 22.5 Å². The quantitative estimate of drug-likeness (QED) is 0.792. The molecule has 0 saturated carbocycles. The first-order chi connectivity index (χ1) is 10.2.